The van der Waals surface area contributed by atoms with Gasteiger partial charge in [-0.05, 0) is 12.1 Å². The van der Waals surface area contributed by atoms with Gasteiger partial charge in [-0.15, -0.1) is 0 Å². The number of rotatable bonds is 3. The van der Waals surface area contributed by atoms with Gasteiger partial charge in [0.25, 0.3) is 0 Å². The first-order valence-electron chi connectivity index (χ1n) is 6.47. The molecule has 1 N–H and O–H groups in total. The summed E-state index contributed by atoms with van der Waals surface area (Å²) in [6.45, 7) is 2.11. The van der Waals surface area contributed by atoms with Crippen molar-refractivity contribution < 1.29 is 21.2 Å². The van der Waals surface area contributed by atoms with Crippen molar-refractivity contribution in [2.75, 3.05) is 20.1 Å². The van der Waals surface area contributed by atoms with Crippen molar-refractivity contribution in [1.82, 2.24) is 9.80 Å². The first-order chi connectivity index (χ1) is 8.82. The zero-order chi connectivity index (χ0) is 12.4. The van der Waals surface area contributed by atoms with Crippen LogP contribution in [0.1, 0.15) is 12.8 Å². The Morgan fingerprint density at radius 3 is 2.00 bits per heavy atom. The van der Waals surface area contributed by atoms with Gasteiger partial charge in [0.2, 0.25) is 0 Å². The van der Waals surface area contributed by atoms with Crippen molar-refractivity contribution in [3.8, 4) is 0 Å². The number of halogens is 1. The summed E-state index contributed by atoms with van der Waals surface area (Å²) in [6.07, 6.45) is 5.71. The summed E-state index contributed by atoms with van der Waals surface area (Å²) < 4.78 is 11.9. The third-order valence-corrected chi connectivity index (χ3v) is 3.97. The van der Waals surface area contributed by atoms with E-state index < -0.39 is 0 Å². The molecule has 1 aliphatic rings. The fourth-order valence-electron chi connectivity index (χ4n) is 2.86. The molecular formula is C14H19ClN2O2. The normalized spacial score (nSPS) is 17.1. The number of furan rings is 2. The van der Waals surface area contributed by atoms with Gasteiger partial charge in [0.15, 0.2) is 0 Å². The molecule has 104 valence electrons. The molecule has 1 saturated heterocycles. The number of hydrogen-bond donors (Lipinski definition) is 1. The van der Waals surface area contributed by atoms with E-state index in [1.807, 2.05) is 24.3 Å². The predicted molar refractivity (Wildman–Crippen MR) is 70.7 cm³/mol. The smallest absolute Gasteiger partial charge is 0.304 e. The molecule has 0 aromatic carbocycles. The lowest BCUT2D eigenvalue weighted by atomic mass is 10.0. The van der Waals surface area contributed by atoms with Gasteiger partial charge in [-0.25, -0.2) is 0 Å². The largest absolute Gasteiger partial charge is 1.00 e. The first kappa shape index (κ1) is 14.2. The highest BCUT2D eigenvalue weighted by Gasteiger charge is 2.42. The average Bonchev–Trinajstić information content (AvgIpc) is 3.12. The zero-order valence-electron chi connectivity index (χ0n) is 11.0. The molecule has 2 aromatic rings. The summed E-state index contributed by atoms with van der Waals surface area (Å²) in [6, 6.07) is 8.43. The molecule has 2 aromatic heterocycles. The van der Waals surface area contributed by atoms with E-state index in [2.05, 4.69) is 12.4 Å². The van der Waals surface area contributed by atoms with Crippen LogP contribution in [0, 0.1) is 0 Å². The minimum Gasteiger partial charge on any atom is -1.00 e. The van der Waals surface area contributed by atoms with Gasteiger partial charge in [-0.2, -0.15) is 4.48 Å². The number of hydrogen-bond acceptors (Lipinski definition) is 3. The van der Waals surface area contributed by atoms with Gasteiger partial charge < -0.3 is 26.6 Å². The number of nitrogens with zero attached hydrogens (tertiary/aromatic N) is 1. The van der Waals surface area contributed by atoms with Crippen molar-refractivity contribution in [2.24, 2.45) is 0 Å². The van der Waals surface area contributed by atoms with Crippen LogP contribution in [0.15, 0.2) is 45.6 Å². The van der Waals surface area contributed by atoms with Gasteiger partial charge in [0.05, 0.1) is 19.6 Å². The molecule has 1 fully saturated rings. The summed E-state index contributed by atoms with van der Waals surface area (Å²) in [4.78, 5) is 0. The van der Waals surface area contributed by atoms with E-state index >= 15 is 0 Å². The van der Waals surface area contributed by atoms with E-state index in [9.17, 15) is 0 Å². The summed E-state index contributed by atoms with van der Waals surface area (Å²) in [5, 5.41) is 3.41. The molecule has 0 aliphatic carbocycles. The SMILES string of the molecule is C[N+](c1ccco1)(c1ccco1)C1CCNCC1.[Cl-]. The lowest BCUT2D eigenvalue weighted by Crippen LogP contribution is -3.00. The maximum absolute atomic E-state index is 5.67. The molecule has 1 aliphatic heterocycles. The first-order valence-corrected chi connectivity index (χ1v) is 6.47. The molecule has 0 spiro atoms. The molecule has 3 heterocycles. The second-order valence-electron chi connectivity index (χ2n) is 4.96. The van der Waals surface area contributed by atoms with Crippen LogP contribution in [-0.2, 0) is 0 Å². The molecule has 0 amide bonds. The third kappa shape index (κ3) is 2.43. The van der Waals surface area contributed by atoms with Crippen LogP contribution < -0.4 is 22.2 Å². The fraction of sp³-hybridized carbons (Fsp3) is 0.429. The maximum atomic E-state index is 5.67. The highest BCUT2D eigenvalue weighted by Crippen LogP contribution is 2.38. The Morgan fingerprint density at radius 1 is 1.05 bits per heavy atom. The van der Waals surface area contributed by atoms with Crippen LogP contribution in [0.2, 0.25) is 0 Å². The van der Waals surface area contributed by atoms with Crippen LogP contribution in [0.25, 0.3) is 0 Å². The molecule has 0 unspecified atom stereocenters. The maximum Gasteiger partial charge on any atom is 0.304 e. The molecule has 0 radical (unpaired) electrons. The van der Waals surface area contributed by atoms with Crippen LogP contribution in [0.5, 0.6) is 0 Å². The van der Waals surface area contributed by atoms with E-state index in [0.717, 1.165) is 37.7 Å². The predicted octanol–water partition coefficient (Wildman–Crippen LogP) is -0.103. The van der Waals surface area contributed by atoms with E-state index in [1.165, 1.54) is 0 Å². The molecule has 19 heavy (non-hydrogen) atoms. The van der Waals surface area contributed by atoms with Crippen molar-refractivity contribution >= 4 is 11.8 Å². The number of quaternary nitrogens is 1. The standard InChI is InChI=1S/C14H19N2O2.ClH/c1-16(13-4-2-10-17-13,14-5-3-11-18-14)12-6-8-15-9-7-12;/h2-5,10-12,15H,6-9H2,1H3;1H/q+1;/p-1. The zero-order valence-corrected chi connectivity index (χ0v) is 11.8. The van der Waals surface area contributed by atoms with E-state index in [0.29, 0.717) is 10.5 Å². The van der Waals surface area contributed by atoms with Crippen LogP contribution in [0.4, 0.5) is 11.8 Å². The van der Waals surface area contributed by atoms with E-state index in [-0.39, 0.29) is 12.4 Å². The fourth-order valence-corrected chi connectivity index (χ4v) is 2.86. The Kier molecular flexibility index (Phi) is 4.34. The van der Waals surface area contributed by atoms with Gasteiger partial charge in [0, 0.05) is 38.1 Å². The van der Waals surface area contributed by atoms with Crippen LogP contribution in [0.3, 0.4) is 0 Å². The number of piperidine rings is 1. The highest BCUT2D eigenvalue weighted by molar-refractivity contribution is 5.47. The summed E-state index contributed by atoms with van der Waals surface area (Å²) in [5.41, 5.74) is 0. The second-order valence-corrected chi connectivity index (χ2v) is 4.96. The Balaban J connectivity index is 0.00000133. The van der Waals surface area contributed by atoms with Crippen molar-refractivity contribution in [1.29, 1.82) is 0 Å². The van der Waals surface area contributed by atoms with Crippen molar-refractivity contribution in [2.45, 2.75) is 18.9 Å². The molecule has 0 bridgehead atoms. The quantitative estimate of drug-likeness (QED) is 0.799. The summed E-state index contributed by atoms with van der Waals surface area (Å²) in [5.74, 6) is 1.88. The Bertz CT molecular complexity index is 441. The molecule has 3 rings (SSSR count). The van der Waals surface area contributed by atoms with E-state index in [1.54, 1.807) is 12.5 Å². The minimum atomic E-state index is 0. The number of nitrogens with one attached hydrogen (secondary N) is 1. The monoisotopic (exact) mass is 282 g/mol. The molecule has 5 heteroatoms. The van der Waals surface area contributed by atoms with Crippen molar-refractivity contribution in [3.05, 3.63) is 36.8 Å². The average molecular weight is 283 g/mol. The van der Waals surface area contributed by atoms with Crippen molar-refractivity contribution in [3.63, 3.8) is 0 Å². The molecular weight excluding hydrogens is 264 g/mol. The van der Waals surface area contributed by atoms with E-state index in [4.69, 9.17) is 8.83 Å². The Hall–Kier alpha value is -1.23. The molecule has 0 atom stereocenters. The summed E-state index contributed by atoms with van der Waals surface area (Å²) >= 11 is 0. The van der Waals surface area contributed by atoms with Crippen LogP contribution in [-0.4, -0.2) is 26.2 Å². The molecule has 0 saturated carbocycles. The Labute approximate surface area is 119 Å². The van der Waals surface area contributed by atoms with Gasteiger partial charge in [-0.3, -0.25) is 0 Å². The minimum absolute atomic E-state index is 0. The van der Waals surface area contributed by atoms with Gasteiger partial charge >= 0.3 is 11.8 Å². The van der Waals surface area contributed by atoms with Gasteiger partial charge in [0.1, 0.15) is 6.04 Å². The topological polar surface area (TPSA) is 38.3 Å². The summed E-state index contributed by atoms with van der Waals surface area (Å²) in [7, 11) is 2.17. The second kappa shape index (κ2) is 5.82. The lowest BCUT2D eigenvalue weighted by Gasteiger charge is -2.38. The highest BCUT2D eigenvalue weighted by atomic mass is 35.5. The molecule has 4 nitrogen and oxygen atoms in total. The van der Waals surface area contributed by atoms with Crippen LogP contribution >= 0.6 is 0 Å². The van der Waals surface area contributed by atoms with Gasteiger partial charge in [-0.1, -0.05) is 0 Å². The Morgan fingerprint density at radius 2 is 1.58 bits per heavy atom. The lowest BCUT2D eigenvalue weighted by molar-refractivity contribution is -0.00000484. The third-order valence-electron chi connectivity index (χ3n) is 3.97.